The van der Waals surface area contributed by atoms with Gasteiger partial charge < -0.3 is 24.2 Å². The normalized spacial score (nSPS) is 18.4. The molecule has 156 valence electrons. The number of carbonyl (C=O) groups is 2. The van der Waals surface area contributed by atoms with E-state index in [1.165, 1.54) is 11.3 Å². The number of hydrogen-bond acceptors (Lipinski definition) is 5. The lowest BCUT2D eigenvalue weighted by Gasteiger charge is -2.43. The maximum Gasteiger partial charge on any atom is 0.254 e. The van der Waals surface area contributed by atoms with Crippen molar-refractivity contribution in [3.63, 3.8) is 0 Å². The summed E-state index contributed by atoms with van der Waals surface area (Å²) in [4.78, 5) is 31.6. The molecule has 3 aliphatic rings. The van der Waals surface area contributed by atoms with Gasteiger partial charge in [-0.05, 0) is 42.8 Å². The van der Waals surface area contributed by atoms with Gasteiger partial charge in [0.2, 0.25) is 12.7 Å². The topological polar surface area (TPSA) is 62.3 Å². The Bertz CT molecular complexity index is 978. The lowest BCUT2D eigenvalue weighted by atomic mass is 9.96. The third-order valence-corrected chi connectivity index (χ3v) is 6.10. The van der Waals surface area contributed by atoms with E-state index in [9.17, 15) is 9.59 Å². The molecule has 0 aromatic heterocycles. The third-order valence-electron chi connectivity index (χ3n) is 6.10. The van der Waals surface area contributed by atoms with E-state index in [-0.39, 0.29) is 24.5 Å². The Labute approximate surface area is 175 Å². The number of aryl methyl sites for hydroxylation is 1. The van der Waals surface area contributed by atoms with Crippen molar-refractivity contribution in [3.8, 4) is 11.5 Å². The fourth-order valence-corrected chi connectivity index (χ4v) is 4.28. The number of carbonyl (C=O) groups excluding carboxylic acids is 2. The molecule has 30 heavy (non-hydrogen) atoms. The monoisotopic (exact) mass is 407 g/mol. The van der Waals surface area contributed by atoms with Crippen molar-refractivity contribution < 1.29 is 19.1 Å². The number of benzene rings is 2. The van der Waals surface area contributed by atoms with Crippen molar-refractivity contribution >= 4 is 17.5 Å². The van der Waals surface area contributed by atoms with Crippen LogP contribution in [0.15, 0.2) is 42.5 Å². The van der Waals surface area contributed by atoms with Crippen molar-refractivity contribution in [1.29, 1.82) is 0 Å². The molecule has 2 saturated heterocycles. The highest BCUT2D eigenvalue weighted by Gasteiger charge is 2.39. The van der Waals surface area contributed by atoms with E-state index in [0.29, 0.717) is 30.2 Å². The van der Waals surface area contributed by atoms with E-state index < -0.39 is 0 Å². The molecule has 0 radical (unpaired) electrons. The van der Waals surface area contributed by atoms with Crippen LogP contribution in [0.3, 0.4) is 0 Å². The lowest BCUT2D eigenvalue weighted by molar-refractivity contribution is -0.140. The Morgan fingerprint density at radius 1 is 0.900 bits per heavy atom. The van der Waals surface area contributed by atoms with Crippen molar-refractivity contribution in [2.75, 3.05) is 51.0 Å². The predicted octanol–water partition coefficient (Wildman–Crippen LogP) is 2.14. The minimum absolute atomic E-state index is 0.0679. The van der Waals surface area contributed by atoms with Crippen LogP contribution < -0.4 is 14.4 Å². The first kappa shape index (κ1) is 18.8. The SMILES string of the molecule is Cc1cccc(N2CCN(C(=O)C3CN(C(=O)c4ccc5c(c4)OCO5)C3)CC2)c1. The van der Waals surface area contributed by atoms with Gasteiger partial charge in [-0.15, -0.1) is 0 Å². The zero-order chi connectivity index (χ0) is 20.7. The fraction of sp³-hybridized carbons (Fsp3) is 0.391. The van der Waals surface area contributed by atoms with Gasteiger partial charge in [-0.1, -0.05) is 12.1 Å². The molecular weight excluding hydrogens is 382 g/mol. The maximum absolute atomic E-state index is 12.9. The van der Waals surface area contributed by atoms with Crippen LogP contribution >= 0.6 is 0 Å². The van der Waals surface area contributed by atoms with Gasteiger partial charge in [-0.2, -0.15) is 0 Å². The number of ether oxygens (including phenoxy) is 2. The Balaban J connectivity index is 1.13. The van der Waals surface area contributed by atoms with E-state index in [4.69, 9.17) is 9.47 Å². The average molecular weight is 407 g/mol. The van der Waals surface area contributed by atoms with Gasteiger partial charge in [-0.3, -0.25) is 9.59 Å². The molecule has 7 nitrogen and oxygen atoms in total. The van der Waals surface area contributed by atoms with Gasteiger partial charge in [0, 0.05) is 50.5 Å². The molecule has 0 aliphatic carbocycles. The van der Waals surface area contributed by atoms with Crippen LogP contribution in [0, 0.1) is 12.8 Å². The molecule has 2 amide bonds. The number of piperazine rings is 1. The van der Waals surface area contributed by atoms with Gasteiger partial charge in [-0.25, -0.2) is 0 Å². The molecule has 0 spiro atoms. The highest BCUT2D eigenvalue weighted by molar-refractivity contribution is 5.96. The van der Waals surface area contributed by atoms with E-state index in [2.05, 4.69) is 36.1 Å². The quantitative estimate of drug-likeness (QED) is 0.780. The second-order valence-electron chi connectivity index (χ2n) is 8.13. The summed E-state index contributed by atoms with van der Waals surface area (Å²) in [6, 6.07) is 13.7. The smallest absolute Gasteiger partial charge is 0.254 e. The third kappa shape index (κ3) is 3.44. The molecule has 2 aromatic rings. The number of fused-ring (bicyclic) bond motifs is 1. The summed E-state index contributed by atoms with van der Waals surface area (Å²) in [5.41, 5.74) is 3.02. The molecule has 3 aliphatic heterocycles. The summed E-state index contributed by atoms with van der Waals surface area (Å²) >= 11 is 0. The molecule has 0 bridgehead atoms. The minimum atomic E-state index is -0.103. The molecule has 2 fully saturated rings. The average Bonchev–Trinajstić information content (AvgIpc) is 3.20. The first-order valence-electron chi connectivity index (χ1n) is 10.4. The Kier molecular flexibility index (Phi) is 4.73. The van der Waals surface area contributed by atoms with Crippen LogP contribution in [0.4, 0.5) is 5.69 Å². The van der Waals surface area contributed by atoms with Gasteiger partial charge in [0.15, 0.2) is 11.5 Å². The number of hydrogen-bond donors (Lipinski definition) is 0. The van der Waals surface area contributed by atoms with Gasteiger partial charge in [0.25, 0.3) is 5.91 Å². The summed E-state index contributed by atoms with van der Waals surface area (Å²) < 4.78 is 10.6. The summed E-state index contributed by atoms with van der Waals surface area (Å²) in [5.74, 6) is 1.25. The molecule has 5 rings (SSSR count). The molecule has 2 aromatic carbocycles. The van der Waals surface area contributed by atoms with Gasteiger partial charge in [0.05, 0.1) is 5.92 Å². The lowest BCUT2D eigenvalue weighted by Crippen LogP contribution is -2.59. The summed E-state index contributed by atoms with van der Waals surface area (Å²) in [7, 11) is 0. The van der Waals surface area contributed by atoms with E-state index in [1.54, 1.807) is 23.1 Å². The van der Waals surface area contributed by atoms with Crippen LogP contribution in [0.1, 0.15) is 15.9 Å². The first-order valence-corrected chi connectivity index (χ1v) is 10.4. The van der Waals surface area contributed by atoms with Crippen molar-refractivity contribution in [3.05, 3.63) is 53.6 Å². The number of amides is 2. The number of nitrogens with zero attached hydrogens (tertiary/aromatic N) is 3. The highest BCUT2D eigenvalue weighted by Crippen LogP contribution is 2.33. The predicted molar refractivity (Wildman–Crippen MR) is 112 cm³/mol. The van der Waals surface area contributed by atoms with Crippen LogP contribution in [0.25, 0.3) is 0 Å². The van der Waals surface area contributed by atoms with Crippen LogP contribution in [-0.2, 0) is 4.79 Å². The zero-order valence-electron chi connectivity index (χ0n) is 17.0. The summed E-state index contributed by atoms with van der Waals surface area (Å²) in [6.45, 7) is 6.34. The van der Waals surface area contributed by atoms with E-state index in [1.807, 2.05) is 4.90 Å². The van der Waals surface area contributed by atoms with Gasteiger partial charge >= 0.3 is 0 Å². The van der Waals surface area contributed by atoms with Crippen LogP contribution in [-0.4, -0.2) is 67.7 Å². The largest absolute Gasteiger partial charge is 0.454 e. The molecule has 0 atom stereocenters. The number of rotatable bonds is 3. The van der Waals surface area contributed by atoms with Crippen LogP contribution in [0.2, 0.25) is 0 Å². The molecule has 0 N–H and O–H groups in total. The van der Waals surface area contributed by atoms with E-state index >= 15 is 0 Å². The van der Waals surface area contributed by atoms with Crippen molar-refractivity contribution in [2.24, 2.45) is 5.92 Å². The second-order valence-corrected chi connectivity index (χ2v) is 8.13. The van der Waals surface area contributed by atoms with Crippen molar-refractivity contribution in [1.82, 2.24) is 9.80 Å². The fourth-order valence-electron chi connectivity index (χ4n) is 4.28. The summed E-state index contributed by atoms with van der Waals surface area (Å²) in [5, 5.41) is 0. The number of likely N-dealkylation sites (tertiary alicyclic amines) is 1. The van der Waals surface area contributed by atoms with Crippen molar-refractivity contribution in [2.45, 2.75) is 6.92 Å². The van der Waals surface area contributed by atoms with Gasteiger partial charge in [0.1, 0.15) is 0 Å². The Morgan fingerprint density at radius 3 is 2.43 bits per heavy atom. The van der Waals surface area contributed by atoms with E-state index in [0.717, 1.165) is 26.2 Å². The molecule has 0 unspecified atom stereocenters. The molecular formula is C23H25N3O4. The highest BCUT2D eigenvalue weighted by atomic mass is 16.7. The summed E-state index contributed by atoms with van der Waals surface area (Å²) in [6.07, 6.45) is 0. The number of anilines is 1. The molecule has 7 heteroatoms. The maximum atomic E-state index is 12.9. The second kappa shape index (κ2) is 7.55. The standard InChI is InChI=1S/C23H25N3O4/c1-16-3-2-4-19(11-16)24-7-9-25(10-8-24)23(28)18-13-26(14-18)22(27)17-5-6-20-21(12-17)30-15-29-20/h2-6,11-12,18H,7-10,13-15H2,1H3. The Hall–Kier alpha value is -3.22. The zero-order valence-corrected chi connectivity index (χ0v) is 17.0. The molecule has 3 heterocycles. The molecule has 0 saturated carbocycles. The first-order chi connectivity index (χ1) is 14.6. The minimum Gasteiger partial charge on any atom is -0.454 e. The Morgan fingerprint density at radius 2 is 1.67 bits per heavy atom. The van der Waals surface area contributed by atoms with Crippen LogP contribution in [0.5, 0.6) is 11.5 Å².